The Morgan fingerprint density at radius 3 is 2.50 bits per heavy atom. The van der Waals surface area contributed by atoms with Crippen LogP contribution in [0.1, 0.15) is 0 Å². The van der Waals surface area contributed by atoms with Crippen LogP contribution in [0.3, 0.4) is 0 Å². The number of fused-ring (bicyclic) bond motifs is 1. The van der Waals surface area contributed by atoms with Gasteiger partial charge in [0.05, 0.1) is 5.69 Å². The Bertz CT molecular complexity index is 694. The lowest BCUT2D eigenvalue weighted by molar-refractivity contribution is 0.314. The highest BCUT2D eigenvalue weighted by atomic mass is 35.5. The molecule has 0 spiro atoms. The first-order valence-electron chi connectivity index (χ1n) is 5.18. The summed E-state index contributed by atoms with van der Waals surface area (Å²) in [5.41, 5.74) is 7.22. The van der Waals surface area contributed by atoms with E-state index in [-0.39, 0.29) is 0 Å². The Kier molecular flexibility index (Phi) is 2.53. The highest BCUT2D eigenvalue weighted by molar-refractivity contribution is 6.30. The van der Waals surface area contributed by atoms with Gasteiger partial charge in [-0.25, -0.2) is 4.63 Å². The summed E-state index contributed by atoms with van der Waals surface area (Å²) in [6.07, 6.45) is 0. The van der Waals surface area contributed by atoms with Gasteiger partial charge in [-0.3, -0.25) is 0 Å². The number of nitrogens with two attached hydrogens (primary N) is 1. The van der Waals surface area contributed by atoms with Crippen molar-refractivity contribution in [2.75, 3.05) is 5.73 Å². The minimum atomic E-state index is 0.487. The quantitative estimate of drug-likeness (QED) is 0.717. The van der Waals surface area contributed by atoms with Crippen LogP contribution in [-0.2, 0) is 0 Å². The average molecular weight is 262 g/mol. The maximum Gasteiger partial charge on any atom is 0.179 e. The fraction of sp³-hybridized carbons (Fsp3) is 0. The lowest BCUT2D eigenvalue weighted by Crippen LogP contribution is -1.90. The van der Waals surface area contributed by atoms with Crippen molar-refractivity contribution in [3.63, 3.8) is 0 Å². The molecule has 1 heterocycles. The molecule has 0 saturated heterocycles. The largest absolute Gasteiger partial charge is 0.455 e. The summed E-state index contributed by atoms with van der Waals surface area (Å²) in [4.78, 5) is 0. The van der Waals surface area contributed by atoms with Crippen molar-refractivity contribution in [2.24, 2.45) is 0 Å². The molecular weight excluding hydrogens is 254 g/mol. The minimum absolute atomic E-state index is 0.487. The predicted molar refractivity (Wildman–Crippen MR) is 67.7 cm³/mol. The van der Waals surface area contributed by atoms with Gasteiger partial charge in [-0.2, -0.15) is 0 Å². The molecule has 0 atom stereocenters. The number of nitrogens with zero attached hydrogens (tertiary/aromatic N) is 2. The van der Waals surface area contributed by atoms with Crippen molar-refractivity contribution in [1.82, 2.24) is 10.3 Å². The average Bonchev–Trinajstić information content (AvgIpc) is 2.86. The molecule has 0 amide bonds. The number of anilines is 1. The minimum Gasteiger partial charge on any atom is -0.455 e. The molecule has 2 N–H and O–H groups in total. The van der Waals surface area contributed by atoms with Crippen LogP contribution in [0.4, 0.5) is 5.69 Å². The van der Waals surface area contributed by atoms with Gasteiger partial charge in [0.15, 0.2) is 16.8 Å². The molecular formula is C12H8ClN3O2. The van der Waals surface area contributed by atoms with Crippen molar-refractivity contribution < 1.29 is 9.37 Å². The summed E-state index contributed by atoms with van der Waals surface area (Å²) < 4.78 is 10.3. The second-order valence-electron chi connectivity index (χ2n) is 3.67. The van der Waals surface area contributed by atoms with E-state index in [1.807, 2.05) is 0 Å². The van der Waals surface area contributed by atoms with Crippen molar-refractivity contribution in [3.8, 4) is 11.5 Å². The zero-order valence-corrected chi connectivity index (χ0v) is 9.89. The zero-order chi connectivity index (χ0) is 12.5. The third-order valence-electron chi connectivity index (χ3n) is 2.45. The first kappa shape index (κ1) is 10.9. The van der Waals surface area contributed by atoms with Crippen molar-refractivity contribution in [1.29, 1.82) is 0 Å². The molecule has 1 aromatic heterocycles. The lowest BCUT2D eigenvalue weighted by Gasteiger charge is -2.05. The number of rotatable bonds is 2. The molecule has 18 heavy (non-hydrogen) atoms. The van der Waals surface area contributed by atoms with Gasteiger partial charge in [-0.1, -0.05) is 11.6 Å². The molecule has 5 nitrogen and oxygen atoms in total. The number of hydrogen-bond acceptors (Lipinski definition) is 5. The smallest absolute Gasteiger partial charge is 0.179 e. The molecule has 0 saturated carbocycles. The van der Waals surface area contributed by atoms with Crippen LogP contribution in [-0.4, -0.2) is 10.3 Å². The zero-order valence-electron chi connectivity index (χ0n) is 9.13. The molecule has 2 aromatic carbocycles. The Morgan fingerprint density at radius 1 is 1.00 bits per heavy atom. The summed E-state index contributed by atoms with van der Waals surface area (Å²) >= 11 is 5.80. The maximum atomic E-state index is 5.80. The molecule has 0 fully saturated rings. The lowest BCUT2D eigenvalue weighted by atomic mass is 10.2. The third-order valence-corrected chi connectivity index (χ3v) is 2.70. The van der Waals surface area contributed by atoms with Crippen molar-refractivity contribution in [3.05, 3.63) is 41.4 Å². The Hall–Kier alpha value is -2.27. The standard InChI is InChI=1S/C12H8ClN3O2/c13-7-1-3-8(4-2-7)17-10-6-5-9(14)11-12(10)16-18-15-11/h1-6H,14H2. The summed E-state index contributed by atoms with van der Waals surface area (Å²) in [6.45, 7) is 0. The highest BCUT2D eigenvalue weighted by Gasteiger charge is 2.11. The number of aromatic nitrogens is 2. The first-order valence-corrected chi connectivity index (χ1v) is 5.56. The third kappa shape index (κ3) is 1.84. The van der Waals surface area contributed by atoms with E-state index in [4.69, 9.17) is 22.1 Å². The number of halogens is 1. The van der Waals surface area contributed by atoms with Gasteiger partial charge in [0, 0.05) is 5.02 Å². The van der Waals surface area contributed by atoms with E-state index in [1.165, 1.54) is 0 Å². The van der Waals surface area contributed by atoms with Gasteiger partial charge in [0.25, 0.3) is 0 Å². The second kappa shape index (κ2) is 4.19. The van der Waals surface area contributed by atoms with E-state index in [0.717, 1.165) is 0 Å². The molecule has 0 bridgehead atoms. The molecule has 90 valence electrons. The maximum absolute atomic E-state index is 5.80. The number of benzene rings is 2. The summed E-state index contributed by atoms with van der Waals surface area (Å²) in [6, 6.07) is 10.4. The summed E-state index contributed by atoms with van der Waals surface area (Å²) in [7, 11) is 0. The van der Waals surface area contributed by atoms with Crippen LogP contribution in [0.2, 0.25) is 5.02 Å². The number of hydrogen-bond donors (Lipinski definition) is 1. The van der Waals surface area contributed by atoms with E-state index in [1.54, 1.807) is 36.4 Å². The summed E-state index contributed by atoms with van der Waals surface area (Å²) in [5.74, 6) is 1.18. The Balaban J connectivity index is 2.02. The van der Waals surface area contributed by atoms with Gasteiger partial charge < -0.3 is 10.5 Å². The molecule has 0 unspecified atom stereocenters. The fourth-order valence-corrected chi connectivity index (χ4v) is 1.70. The van der Waals surface area contributed by atoms with Crippen LogP contribution < -0.4 is 10.5 Å². The molecule has 3 aromatic rings. The van der Waals surface area contributed by atoms with E-state index in [0.29, 0.717) is 33.2 Å². The van der Waals surface area contributed by atoms with Gasteiger partial charge >= 0.3 is 0 Å². The second-order valence-corrected chi connectivity index (χ2v) is 4.11. The molecule has 0 radical (unpaired) electrons. The van der Waals surface area contributed by atoms with Crippen LogP contribution >= 0.6 is 11.6 Å². The topological polar surface area (TPSA) is 74.2 Å². The predicted octanol–water partition coefficient (Wildman–Crippen LogP) is 3.25. The highest BCUT2D eigenvalue weighted by Crippen LogP contribution is 2.31. The molecule has 0 aliphatic rings. The number of ether oxygens (including phenoxy) is 1. The molecule has 3 rings (SSSR count). The van der Waals surface area contributed by atoms with Crippen LogP contribution in [0, 0.1) is 0 Å². The molecule has 0 aliphatic carbocycles. The monoisotopic (exact) mass is 261 g/mol. The van der Waals surface area contributed by atoms with Crippen LogP contribution in [0.15, 0.2) is 41.0 Å². The first-order chi connectivity index (χ1) is 8.74. The molecule has 6 heteroatoms. The Morgan fingerprint density at radius 2 is 1.72 bits per heavy atom. The normalized spacial score (nSPS) is 10.7. The van der Waals surface area contributed by atoms with Crippen LogP contribution in [0.5, 0.6) is 11.5 Å². The number of nitrogen functional groups attached to an aromatic ring is 1. The van der Waals surface area contributed by atoms with Gasteiger partial charge in [-0.05, 0) is 46.7 Å². The fourth-order valence-electron chi connectivity index (χ4n) is 1.57. The Labute approximate surface area is 107 Å². The van der Waals surface area contributed by atoms with Crippen LogP contribution in [0.25, 0.3) is 11.0 Å². The van der Waals surface area contributed by atoms with E-state index in [9.17, 15) is 0 Å². The summed E-state index contributed by atoms with van der Waals surface area (Å²) in [5, 5.41) is 8.14. The SMILES string of the molecule is Nc1ccc(Oc2ccc(Cl)cc2)c2nonc12. The van der Waals surface area contributed by atoms with Gasteiger partial charge in [0.2, 0.25) is 0 Å². The van der Waals surface area contributed by atoms with Gasteiger partial charge in [0.1, 0.15) is 5.75 Å². The van der Waals surface area contributed by atoms with Crippen molar-refractivity contribution in [2.45, 2.75) is 0 Å². The van der Waals surface area contributed by atoms with E-state index in [2.05, 4.69) is 14.9 Å². The van der Waals surface area contributed by atoms with E-state index >= 15 is 0 Å². The molecule has 0 aliphatic heterocycles. The van der Waals surface area contributed by atoms with E-state index < -0.39 is 0 Å². The van der Waals surface area contributed by atoms with Crippen molar-refractivity contribution >= 4 is 28.3 Å². The van der Waals surface area contributed by atoms with Gasteiger partial charge in [-0.15, -0.1) is 0 Å².